The molecule has 1 amide bonds. The van der Waals surface area contributed by atoms with Gasteiger partial charge in [0.1, 0.15) is 36.8 Å². The van der Waals surface area contributed by atoms with Crippen molar-refractivity contribution in [2.45, 2.75) is 198 Å². The average Bonchev–Trinajstić information content (AvgIpc) is 1.76. The fourth-order valence-corrected chi connectivity index (χ4v) is 13.9. The number of Topliss-reactive ketones (excluding diaryl/α,β-unsaturated/α-hetero) is 1. The number of carbonyl (C=O) groups excluding carboxylic acids is 3. The second-order valence-corrected chi connectivity index (χ2v) is 24.8. The van der Waals surface area contributed by atoms with Crippen molar-refractivity contribution >= 4 is 17.8 Å². The average molecular weight is 1180 g/mol. The zero-order chi connectivity index (χ0) is 60.8. The number of methoxy groups -OCH3 is 3. The van der Waals surface area contributed by atoms with E-state index >= 15 is 9.59 Å². The van der Waals surface area contributed by atoms with Crippen molar-refractivity contribution < 1.29 is 71.2 Å². The van der Waals surface area contributed by atoms with E-state index < -0.39 is 120 Å². The second kappa shape index (κ2) is 28.0. The van der Waals surface area contributed by atoms with Gasteiger partial charge in [-0.3, -0.25) is 19.4 Å². The van der Waals surface area contributed by atoms with E-state index in [2.05, 4.69) is 30.4 Å². The number of morpholine rings is 1. The summed E-state index contributed by atoms with van der Waals surface area (Å²) in [7, 11) is 6.72. The molecule has 1 N–H and O–H groups in total. The predicted octanol–water partition coefficient (Wildman–Crippen LogP) is 5.95. The largest absolute Gasteiger partial charge is 0.458 e. The van der Waals surface area contributed by atoms with E-state index in [0.717, 1.165) is 11.3 Å². The number of ketones is 1. The van der Waals surface area contributed by atoms with Gasteiger partial charge in [-0.25, -0.2) is 18.5 Å². The molecule has 19 atom stereocenters. The number of amides is 1. The number of hydrogen-bond acceptors (Lipinski definition) is 20. The first kappa shape index (κ1) is 65.4. The van der Waals surface area contributed by atoms with Crippen molar-refractivity contribution in [1.82, 2.24) is 44.7 Å². The molecule has 5 aliphatic rings. The Morgan fingerprint density at radius 3 is 2.24 bits per heavy atom. The lowest BCUT2D eigenvalue weighted by Crippen LogP contribution is -2.61. The van der Waals surface area contributed by atoms with Crippen LogP contribution < -0.4 is 0 Å². The van der Waals surface area contributed by atoms with Crippen LogP contribution in [0.4, 0.5) is 9.18 Å². The summed E-state index contributed by atoms with van der Waals surface area (Å²) in [5.41, 5.74) is -1.44. The summed E-state index contributed by atoms with van der Waals surface area (Å²) in [5.74, 6) is -3.80. The third kappa shape index (κ3) is 14.2. The van der Waals surface area contributed by atoms with E-state index in [1.54, 1.807) is 70.1 Å². The fourth-order valence-electron chi connectivity index (χ4n) is 13.9. The van der Waals surface area contributed by atoms with Gasteiger partial charge in [-0.1, -0.05) is 50.3 Å². The van der Waals surface area contributed by atoms with Gasteiger partial charge >= 0.3 is 12.1 Å². The molecule has 5 fully saturated rings. The number of benzene rings is 1. The number of esters is 1. The number of halogens is 1. The summed E-state index contributed by atoms with van der Waals surface area (Å²) >= 11 is 0. The lowest BCUT2D eigenvalue weighted by molar-refractivity contribution is -0.309. The molecule has 7 heterocycles. The van der Waals surface area contributed by atoms with Gasteiger partial charge in [-0.2, -0.15) is 0 Å². The van der Waals surface area contributed by atoms with Gasteiger partial charge in [-0.05, 0) is 85.5 Å². The number of carbonyl (C=O) groups is 3. The first-order valence-corrected chi connectivity index (χ1v) is 30.1. The number of nitrogens with zero attached hydrogens (tertiary/aromatic N) is 9. The second-order valence-electron chi connectivity index (χ2n) is 24.8. The predicted molar refractivity (Wildman–Crippen MR) is 304 cm³/mol. The molecule has 0 spiro atoms. The summed E-state index contributed by atoms with van der Waals surface area (Å²) in [6.45, 7) is 21.8. The van der Waals surface area contributed by atoms with Crippen LogP contribution in [0.1, 0.15) is 125 Å². The Bertz CT molecular complexity index is 2600. The van der Waals surface area contributed by atoms with Crippen molar-refractivity contribution in [2.75, 3.05) is 81.0 Å². The quantitative estimate of drug-likeness (QED) is 0.129. The van der Waals surface area contributed by atoms with E-state index in [1.807, 2.05) is 72.9 Å². The van der Waals surface area contributed by atoms with E-state index in [0.29, 0.717) is 64.3 Å². The summed E-state index contributed by atoms with van der Waals surface area (Å²) in [4.78, 5) is 50.8. The van der Waals surface area contributed by atoms with Crippen molar-refractivity contribution in [3.05, 3.63) is 54.1 Å². The maximum Gasteiger partial charge on any atom is 0.410 e. The number of fused-ring (bicyclic) bond motifs is 1. The molecule has 84 heavy (non-hydrogen) atoms. The normalized spacial score (nSPS) is 36.7. The number of aliphatic hydroxyl groups excluding tert-OH is 1. The summed E-state index contributed by atoms with van der Waals surface area (Å²) < 4.78 is 82.5. The molecule has 23 nitrogen and oxygen atoms in total. The minimum atomic E-state index is -1.42. The van der Waals surface area contributed by atoms with Crippen LogP contribution in [0.5, 0.6) is 0 Å². The van der Waals surface area contributed by atoms with Crippen LogP contribution in [-0.4, -0.2) is 227 Å². The van der Waals surface area contributed by atoms with Gasteiger partial charge in [0.05, 0.1) is 84.6 Å². The summed E-state index contributed by atoms with van der Waals surface area (Å²) in [6.07, 6.45) is -0.390. The van der Waals surface area contributed by atoms with E-state index in [4.69, 9.17) is 47.4 Å². The van der Waals surface area contributed by atoms with Crippen LogP contribution in [0.2, 0.25) is 0 Å². The van der Waals surface area contributed by atoms with Crippen LogP contribution in [0.15, 0.2) is 42.9 Å². The fraction of sp³-hybridized carbons (Fsp3) is 0.783. The SMILES string of the molecule is CC[C@H]1OC(=O)[C@H](C)[C@@H](O[C@H]2C[C@@](C)(OC)[C@@H](O)[C@H](C)O2)[C@H](C)[C@@H](O[C@H]2C[C@@H](N(C)CCc3cn([C@H](CF)[C@H](OC)c4ccc(-n5ccnn5)cc4)nn3)C[C@@H](C)O2)[C@](C)(OC)C[C@@H](C)C(=O)[C@H](C)[C@H]2N(CCN3CCOCC3)C(=O)O[C@]12C. The number of alkyl halides is 1. The zero-order valence-corrected chi connectivity index (χ0v) is 51.8. The number of aromatic nitrogens is 6. The highest BCUT2D eigenvalue weighted by atomic mass is 19.1. The molecule has 0 unspecified atom stereocenters. The number of aliphatic hydroxyl groups is 1. The van der Waals surface area contributed by atoms with Crippen molar-refractivity contribution in [1.29, 1.82) is 0 Å². The van der Waals surface area contributed by atoms with Crippen LogP contribution in [0.3, 0.4) is 0 Å². The summed E-state index contributed by atoms with van der Waals surface area (Å²) in [5, 5.41) is 28.0. The summed E-state index contributed by atoms with van der Waals surface area (Å²) in [6, 6.07) is 5.90. The molecule has 0 aliphatic carbocycles. The highest BCUT2D eigenvalue weighted by molar-refractivity contribution is 5.85. The van der Waals surface area contributed by atoms with Crippen molar-refractivity contribution in [2.24, 2.45) is 23.7 Å². The molecule has 0 radical (unpaired) electrons. The number of likely N-dealkylation sites (N-methyl/N-ethyl adjacent to an activating group) is 1. The molecular formula is C60H94FN9O14. The molecule has 5 aliphatic heterocycles. The molecule has 24 heteroatoms. The number of ether oxygens (including phenoxy) is 10. The molecule has 1 aromatic carbocycles. The van der Waals surface area contributed by atoms with Crippen molar-refractivity contribution in [3.8, 4) is 5.69 Å². The van der Waals surface area contributed by atoms with Gasteiger partial charge in [0, 0.05) is 103 Å². The molecule has 3 aromatic rings. The van der Waals surface area contributed by atoms with Gasteiger partial charge < -0.3 is 57.4 Å². The van der Waals surface area contributed by atoms with Gasteiger partial charge in [0.15, 0.2) is 18.2 Å². The Morgan fingerprint density at radius 1 is 0.881 bits per heavy atom. The highest BCUT2D eigenvalue weighted by Gasteiger charge is 2.61. The smallest absolute Gasteiger partial charge is 0.410 e. The van der Waals surface area contributed by atoms with Crippen LogP contribution in [-0.2, 0) is 63.4 Å². The maximum atomic E-state index is 15.3. The first-order chi connectivity index (χ1) is 40.0. The lowest BCUT2D eigenvalue weighted by atomic mass is 9.73. The van der Waals surface area contributed by atoms with Crippen LogP contribution in [0, 0.1) is 23.7 Å². The van der Waals surface area contributed by atoms with E-state index in [9.17, 15) is 14.3 Å². The Labute approximate surface area is 494 Å². The topological polar surface area (TPSA) is 235 Å². The Balaban J connectivity index is 1.06. The minimum Gasteiger partial charge on any atom is -0.458 e. The third-order valence-electron chi connectivity index (χ3n) is 19.0. The molecule has 0 saturated carbocycles. The molecular weight excluding hydrogens is 1090 g/mol. The number of rotatable bonds is 20. The van der Waals surface area contributed by atoms with Crippen molar-refractivity contribution in [3.63, 3.8) is 0 Å². The van der Waals surface area contributed by atoms with E-state index in [-0.39, 0.29) is 43.7 Å². The first-order valence-electron chi connectivity index (χ1n) is 30.1. The monoisotopic (exact) mass is 1180 g/mol. The minimum absolute atomic E-state index is 0.0336. The third-order valence-corrected chi connectivity index (χ3v) is 19.0. The lowest BCUT2D eigenvalue weighted by Gasteiger charge is -2.49. The van der Waals surface area contributed by atoms with Gasteiger partial charge in [-0.15, -0.1) is 10.2 Å². The standard InChI is InChI=1S/C60H94FN9O14/c1-15-47-60(10)53(68(57(74)84-60)25-24-67-26-28-78-29-27-67)38(4)50(71)36(2)32-59(9,77-14)55(39(5)51(40(6)56(73)81-47)82-49-33-58(8,76-13)54(72)41(7)80-49)83-48-31-45(30-37(3)79-48)66(11)22-20-43-35-70(65-63-43)46(34-61)52(75-12)42-16-18-44(19-17-42)69-23-21-62-64-69/h16-19,21,23,35-41,45-49,51-55,72H,15,20,22,24-34H2,1-14H3/t36-,37-,38+,39+,40-,41+,45+,46-,47-,48+,49+,51+,52-,53-,54+,55-,58-,59-,60-/m1/s1. The van der Waals surface area contributed by atoms with Crippen LogP contribution >= 0.6 is 0 Å². The van der Waals surface area contributed by atoms with Crippen LogP contribution in [0.25, 0.3) is 5.69 Å². The Kier molecular flexibility index (Phi) is 21.8. The molecule has 0 bridgehead atoms. The molecule has 5 saturated heterocycles. The highest BCUT2D eigenvalue weighted by Crippen LogP contribution is 2.45. The zero-order valence-electron chi connectivity index (χ0n) is 51.8. The number of cyclic esters (lactones) is 1. The van der Waals surface area contributed by atoms with E-state index in [1.165, 1.54) is 11.8 Å². The Hall–Kier alpha value is -4.60. The molecule has 8 rings (SSSR count). The number of hydrogen-bond donors (Lipinski definition) is 1. The van der Waals surface area contributed by atoms with Gasteiger partial charge in [0.2, 0.25) is 0 Å². The molecule has 470 valence electrons. The molecule has 2 aromatic heterocycles. The van der Waals surface area contributed by atoms with Gasteiger partial charge in [0.25, 0.3) is 0 Å². The Morgan fingerprint density at radius 2 is 1.60 bits per heavy atom. The maximum absolute atomic E-state index is 15.3.